The van der Waals surface area contributed by atoms with E-state index in [1.165, 1.54) is 64.7 Å². The topological polar surface area (TPSA) is 15.3 Å². The fourth-order valence-electron chi connectivity index (χ4n) is 8.06. The molecule has 0 atom stereocenters. The van der Waals surface area contributed by atoms with E-state index < -0.39 is 0 Å². The lowest BCUT2D eigenvalue weighted by molar-refractivity contribution is 1.04. The second-order valence-electron chi connectivity index (χ2n) is 14.5. The van der Waals surface area contributed by atoms with Gasteiger partial charge in [0.05, 0.1) is 0 Å². The normalized spacial score (nSPS) is 12.5. The van der Waals surface area contributed by atoms with Gasteiger partial charge in [0.25, 0.3) is 0 Å². The Hall–Kier alpha value is -6.94. The first-order chi connectivity index (χ1) is 28.3. The van der Waals surface area contributed by atoms with Crippen LogP contribution in [0.4, 0.5) is 28.4 Å². The lowest BCUT2D eigenvalue weighted by atomic mass is 9.98. The van der Waals surface area contributed by atoms with Crippen molar-refractivity contribution >= 4 is 65.5 Å². The molecule has 0 spiro atoms. The second-order valence-corrected chi connectivity index (χ2v) is 15.5. The highest BCUT2D eigenvalue weighted by molar-refractivity contribution is 7.26. The number of nitrogens with one attached hydrogen (secondary N) is 1. The average Bonchev–Trinajstić information content (AvgIpc) is 3.68. The van der Waals surface area contributed by atoms with E-state index in [2.05, 4.69) is 217 Å². The van der Waals surface area contributed by atoms with E-state index >= 15 is 0 Å². The van der Waals surface area contributed by atoms with Gasteiger partial charge < -0.3 is 10.2 Å². The molecule has 0 bridgehead atoms. The third-order valence-electron chi connectivity index (χ3n) is 10.9. The van der Waals surface area contributed by atoms with E-state index in [9.17, 15) is 0 Å². The van der Waals surface area contributed by atoms with Crippen LogP contribution in [0.25, 0.3) is 59.1 Å². The van der Waals surface area contributed by atoms with Crippen LogP contribution in [0, 0.1) is 0 Å². The zero-order valence-electron chi connectivity index (χ0n) is 31.5. The second kappa shape index (κ2) is 15.3. The molecule has 1 N–H and O–H groups in total. The van der Waals surface area contributed by atoms with Crippen LogP contribution in [0.3, 0.4) is 0 Å². The summed E-state index contributed by atoms with van der Waals surface area (Å²) in [5.41, 5.74) is 15.4. The van der Waals surface area contributed by atoms with Crippen molar-refractivity contribution in [3.63, 3.8) is 0 Å². The number of thiophene rings is 1. The van der Waals surface area contributed by atoms with Crippen LogP contribution in [0.15, 0.2) is 212 Å². The van der Waals surface area contributed by atoms with Crippen LogP contribution in [-0.2, 0) is 0 Å². The van der Waals surface area contributed by atoms with Crippen molar-refractivity contribution in [1.29, 1.82) is 0 Å². The summed E-state index contributed by atoms with van der Waals surface area (Å²) in [6.45, 7) is 0. The largest absolute Gasteiger partial charge is 0.355 e. The number of fused-ring (bicyclic) bond motifs is 3. The Morgan fingerprint density at radius 1 is 0.404 bits per heavy atom. The van der Waals surface area contributed by atoms with Gasteiger partial charge in [0.2, 0.25) is 0 Å². The molecule has 1 aromatic heterocycles. The van der Waals surface area contributed by atoms with Crippen LogP contribution in [-0.4, -0.2) is 0 Å². The van der Waals surface area contributed by atoms with Crippen molar-refractivity contribution in [2.24, 2.45) is 0 Å². The van der Waals surface area contributed by atoms with Gasteiger partial charge in [-0.25, -0.2) is 0 Å². The van der Waals surface area contributed by atoms with E-state index in [4.69, 9.17) is 0 Å². The molecule has 0 unspecified atom stereocenters. The zero-order valence-corrected chi connectivity index (χ0v) is 32.3. The number of nitrogens with zero attached hydrogens (tertiary/aromatic N) is 1. The molecular formula is C54H40N2S. The lowest BCUT2D eigenvalue weighted by Gasteiger charge is -2.26. The smallest absolute Gasteiger partial charge is 0.0464 e. The van der Waals surface area contributed by atoms with Crippen LogP contribution >= 0.6 is 11.3 Å². The summed E-state index contributed by atoms with van der Waals surface area (Å²) in [6.07, 6.45) is 9.07. The maximum absolute atomic E-state index is 3.67. The number of hydrogen-bond acceptors (Lipinski definition) is 3. The Morgan fingerprint density at radius 3 is 1.58 bits per heavy atom. The minimum atomic E-state index is 1.08. The van der Waals surface area contributed by atoms with Crippen LogP contribution in [0.2, 0.25) is 0 Å². The van der Waals surface area contributed by atoms with Crippen molar-refractivity contribution in [3.05, 3.63) is 218 Å². The third kappa shape index (κ3) is 6.84. The summed E-state index contributed by atoms with van der Waals surface area (Å²) in [5, 5.41) is 6.24. The summed E-state index contributed by atoms with van der Waals surface area (Å²) >= 11 is 1.89. The first-order valence-electron chi connectivity index (χ1n) is 19.7. The molecule has 2 nitrogen and oxygen atoms in total. The van der Waals surface area contributed by atoms with Crippen molar-refractivity contribution < 1.29 is 0 Å². The highest BCUT2D eigenvalue weighted by Crippen LogP contribution is 2.46. The predicted octanol–water partition coefficient (Wildman–Crippen LogP) is 16.0. The van der Waals surface area contributed by atoms with Crippen molar-refractivity contribution in [3.8, 4) is 33.4 Å². The Bertz CT molecular complexity index is 2890. The molecule has 0 radical (unpaired) electrons. The molecule has 8 aromatic carbocycles. The number of anilines is 5. The molecular weight excluding hydrogens is 709 g/mol. The monoisotopic (exact) mass is 748 g/mol. The van der Waals surface area contributed by atoms with Crippen molar-refractivity contribution in [2.75, 3.05) is 10.2 Å². The van der Waals surface area contributed by atoms with Gasteiger partial charge in [-0.1, -0.05) is 158 Å². The van der Waals surface area contributed by atoms with Gasteiger partial charge in [0, 0.05) is 59.7 Å². The molecule has 3 heteroatoms. The number of para-hydroxylation sites is 2. The molecule has 1 heterocycles. The molecule has 0 fully saturated rings. The Balaban J connectivity index is 1.03. The highest BCUT2D eigenvalue weighted by Gasteiger charge is 2.18. The van der Waals surface area contributed by atoms with Crippen LogP contribution < -0.4 is 10.2 Å². The van der Waals surface area contributed by atoms with Gasteiger partial charge in [-0.15, -0.1) is 11.3 Å². The average molecular weight is 749 g/mol. The maximum atomic E-state index is 3.67. The standard InChI is InChI=1S/C54H40N2S/c1-4-14-38(15-5-1)40-26-32-44(33-27-40)56(45-34-28-41(29-35-45)39-16-6-2-7-17-39)46-36-30-42(31-37-46)47-21-12-23-50-51-24-13-22-49(54(51)57-53(47)50)48-20-10-11-25-52(48)55-43-18-8-3-9-19-43/h1,3-6,8-37,55H,2,7H2. The molecule has 0 saturated heterocycles. The quantitative estimate of drug-likeness (QED) is 0.158. The number of hydrogen-bond donors (Lipinski definition) is 1. The highest BCUT2D eigenvalue weighted by atomic mass is 32.1. The molecule has 0 aliphatic heterocycles. The summed E-state index contributed by atoms with van der Waals surface area (Å²) in [5.74, 6) is 0. The number of rotatable bonds is 9. The number of benzene rings is 8. The van der Waals surface area contributed by atoms with Crippen LogP contribution in [0.1, 0.15) is 18.4 Å². The summed E-state index contributed by atoms with van der Waals surface area (Å²) in [6, 6.07) is 70.1. The first-order valence-corrected chi connectivity index (χ1v) is 20.5. The minimum Gasteiger partial charge on any atom is -0.355 e. The van der Waals surface area contributed by atoms with Crippen molar-refractivity contribution in [1.82, 2.24) is 0 Å². The fourth-order valence-corrected chi connectivity index (χ4v) is 9.43. The van der Waals surface area contributed by atoms with E-state index in [1.54, 1.807) is 0 Å². The minimum absolute atomic E-state index is 1.08. The molecule has 1 aliphatic carbocycles. The summed E-state index contributed by atoms with van der Waals surface area (Å²) < 4.78 is 2.60. The van der Waals surface area contributed by atoms with Gasteiger partial charge in [0.1, 0.15) is 0 Å². The number of allylic oxidation sites excluding steroid dienone is 4. The predicted molar refractivity (Wildman–Crippen MR) is 246 cm³/mol. The fraction of sp³-hybridized carbons (Fsp3) is 0.0370. The molecule has 9 aromatic rings. The van der Waals surface area contributed by atoms with Gasteiger partial charge in [-0.3, -0.25) is 0 Å². The molecule has 0 amide bonds. The summed E-state index contributed by atoms with van der Waals surface area (Å²) in [4.78, 5) is 2.36. The van der Waals surface area contributed by atoms with E-state index in [-0.39, 0.29) is 0 Å². The molecule has 1 aliphatic rings. The van der Waals surface area contributed by atoms with Gasteiger partial charge >= 0.3 is 0 Å². The Morgan fingerprint density at radius 2 is 0.930 bits per heavy atom. The van der Waals surface area contributed by atoms with Crippen molar-refractivity contribution in [2.45, 2.75) is 12.8 Å². The third-order valence-corrected chi connectivity index (χ3v) is 12.2. The van der Waals surface area contributed by atoms with E-state index in [0.29, 0.717) is 0 Å². The Labute approximate surface area is 338 Å². The first kappa shape index (κ1) is 34.5. The molecule has 0 saturated carbocycles. The molecule has 10 rings (SSSR count). The molecule has 57 heavy (non-hydrogen) atoms. The SMILES string of the molecule is C1=CC(c2ccc(N(c3ccc(-c4ccccc4)cc3)c3ccc(-c4cccc5c4sc4c(-c6ccccc6Nc6ccccc6)cccc45)cc3)cc2)=CCC1. The lowest BCUT2D eigenvalue weighted by Crippen LogP contribution is -2.10. The van der Waals surface area contributed by atoms with Gasteiger partial charge in [-0.05, 0) is 101 Å². The van der Waals surface area contributed by atoms with Gasteiger partial charge in [0.15, 0.2) is 0 Å². The van der Waals surface area contributed by atoms with Crippen LogP contribution in [0.5, 0.6) is 0 Å². The van der Waals surface area contributed by atoms with Gasteiger partial charge in [-0.2, -0.15) is 0 Å². The molecule has 272 valence electrons. The zero-order chi connectivity index (χ0) is 38.0. The van der Waals surface area contributed by atoms with E-state index in [1.807, 2.05) is 17.4 Å². The maximum Gasteiger partial charge on any atom is 0.0464 e. The Kier molecular flexibility index (Phi) is 9.27. The summed E-state index contributed by atoms with van der Waals surface area (Å²) in [7, 11) is 0. The van der Waals surface area contributed by atoms with E-state index in [0.717, 1.165) is 41.3 Å².